The van der Waals surface area contributed by atoms with Crippen molar-refractivity contribution in [1.82, 2.24) is 9.13 Å². The number of carbonyl (C=O) groups is 2. The van der Waals surface area contributed by atoms with E-state index < -0.39 is 51.1 Å². The molecular weight excluding hydrogens is 1070 g/mol. The van der Waals surface area contributed by atoms with Gasteiger partial charge in [0.05, 0.1) is 41.9 Å². The van der Waals surface area contributed by atoms with Crippen molar-refractivity contribution in [2.75, 3.05) is 19.8 Å². The van der Waals surface area contributed by atoms with Gasteiger partial charge in [-0.3, -0.25) is 9.59 Å². The predicted octanol–water partition coefficient (Wildman–Crippen LogP) is 14.0. The lowest BCUT2D eigenvalue weighted by Crippen LogP contribution is -2.42. The van der Waals surface area contributed by atoms with Crippen molar-refractivity contribution < 1.29 is 41.5 Å². The predicted molar refractivity (Wildman–Crippen MR) is 291 cm³/mol. The molecule has 0 aliphatic rings. The number of halogens is 5. The molecule has 3 aromatic carbocycles. The smallest absolute Gasteiger partial charge is 0.343 e. The lowest BCUT2D eigenvalue weighted by atomic mass is 9.99. The average Bonchev–Trinajstić information content (AvgIpc) is 3.23. The maximum absolute atomic E-state index is 15.5. The zero-order valence-corrected chi connectivity index (χ0v) is 48.8. The number of fused-ring (bicyclic) bond motifs is 2. The van der Waals surface area contributed by atoms with Crippen LogP contribution in [0.15, 0.2) is 64.4 Å². The second kappa shape index (κ2) is 24.3. The van der Waals surface area contributed by atoms with E-state index in [-0.39, 0.29) is 92.1 Å². The molecule has 0 spiro atoms. The number of carbonyl (C=O) groups excluding carboxylic acids is 2. The average molecular weight is 1140 g/mol. The molecule has 5 rings (SSSR count). The highest BCUT2D eigenvalue weighted by molar-refractivity contribution is 14.1. The Labute approximate surface area is 432 Å². The molecule has 0 aliphatic heterocycles. The Morgan fingerprint density at radius 2 is 1.20 bits per heavy atom. The number of esters is 2. The summed E-state index contributed by atoms with van der Waals surface area (Å²) in [5.41, 5.74) is -0.0232. The van der Waals surface area contributed by atoms with Crippen molar-refractivity contribution in [3.63, 3.8) is 0 Å². The normalized spacial score (nSPS) is 13.2. The van der Waals surface area contributed by atoms with Gasteiger partial charge in [0, 0.05) is 39.2 Å². The van der Waals surface area contributed by atoms with Crippen LogP contribution in [0.25, 0.3) is 21.8 Å². The number of aromatic nitrogens is 2. The van der Waals surface area contributed by atoms with Gasteiger partial charge in [-0.15, -0.1) is 0 Å². The zero-order chi connectivity index (χ0) is 53.6. The number of hydrogen-bond donors (Lipinski definition) is 1. The Bertz CT molecular complexity index is 2780. The molecule has 70 heavy (non-hydrogen) atoms. The number of ether oxygens (including phenoxy) is 2. The minimum absolute atomic E-state index is 0.00858. The van der Waals surface area contributed by atoms with E-state index >= 15 is 4.39 Å². The second-order valence-electron chi connectivity index (χ2n) is 21.3. The zero-order valence-electron chi connectivity index (χ0n) is 43.9. The molecule has 0 amide bonds. The van der Waals surface area contributed by atoms with Crippen LogP contribution in [0.3, 0.4) is 0 Å². The van der Waals surface area contributed by atoms with Crippen molar-refractivity contribution in [3.05, 3.63) is 124 Å². The summed E-state index contributed by atoms with van der Waals surface area (Å²) >= 11 is 7.76. The third-order valence-corrected chi connectivity index (χ3v) is 22.8. The minimum atomic E-state index is -2.13. The molecule has 1 N–H and O–H groups in total. The van der Waals surface area contributed by atoms with Crippen LogP contribution in [0, 0.1) is 32.9 Å². The van der Waals surface area contributed by atoms with Crippen LogP contribution in [0.4, 0.5) is 13.2 Å². The molecule has 17 heteroatoms. The van der Waals surface area contributed by atoms with E-state index in [0.717, 1.165) is 0 Å². The SMILES string of the molecule is CC(C)(C)[Si](C)(C)O.CCOC(=O)c1cn([C@@H](C)C(C)C)c2cc(F)c(I)cc2c1=O.CCOC(=O)c1cn([C@@H](CO[Si](C)(C)C(C)(C)C)C(C)C)c2cc(F)c(Cc3cccc(Cl)c3F)cc2c1=O. The molecule has 5 aromatic rings. The number of rotatable bonds is 13. The quantitative estimate of drug-likeness (QED) is 0.0702. The molecule has 2 atom stereocenters. The van der Waals surface area contributed by atoms with Gasteiger partial charge in [0.2, 0.25) is 10.9 Å². The largest absolute Gasteiger partial charge is 0.462 e. The fourth-order valence-electron chi connectivity index (χ4n) is 6.53. The van der Waals surface area contributed by atoms with E-state index in [9.17, 15) is 32.8 Å². The summed E-state index contributed by atoms with van der Waals surface area (Å²) in [6.45, 7) is 35.0. The van der Waals surface area contributed by atoms with Crippen LogP contribution in [0.5, 0.6) is 0 Å². The minimum Gasteiger partial charge on any atom is -0.462 e. The Morgan fingerprint density at radius 1 is 0.729 bits per heavy atom. The Morgan fingerprint density at radius 3 is 1.66 bits per heavy atom. The van der Waals surface area contributed by atoms with Gasteiger partial charge in [-0.1, -0.05) is 93.0 Å². The highest BCUT2D eigenvalue weighted by Gasteiger charge is 2.38. The topological polar surface area (TPSA) is 126 Å². The van der Waals surface area contributed by atoms with Gasteiger partial charge in [-0.2, -0.15) is 0 Å². The van der Waals surface area contributed by atoms with E-state index in [1.54, 1.807) is 29.0 Å². The summed E-state index contributed by atoms with van der Waals surface area (Å²) in [4.78, 5) is 60.5. The monoisotopic (exact) mass is 1140 g/mol. The summed E-state index contributed by atoms with van der Waals surface area (Å²) < 4.78 is 64.7. The fraction of sp³-hybridized carbons (Fsp3) is 0.509. The molecule has 2 aromatic heterocycles. The van der Waals surface area contributed by atoms with Crippen LogP contribution in [0.1, 0.15) is 134 Å². The summed E-state index contributed by atoms with van der Waals surface area (Å²) in [6, 6.07) is 9.73. The van der Waals surface area contributed by atoms with E-state index in [1.807, 2.05) is 70.3 Å². The van der Waals surface area contributed by atoms with E-state index in [0.29, 0.717) is 26.6 Å². The molecule has 0 saturated carbocycles. The van der Waals surface area contributed by atoms with Crippen LogP contribution in [-0.4, -0.2) is 62.3 Å². The van der Waals surface area contributed by atoms with Crippen LogP contribution in [-0.2, 0) is 20.3 Å². The number of pyridine rings is 2. The first kappa shape index (κ1) is 60.5. The van der Waals surface area contributed by atoms with Gasteiger partial charge in [0.15, 0.2) is 16.6 Å². The Balaban J connectivity index is 0.000000350. The number of nitrogens with zero attached hydrogens (tertiary/aromatic N) is 2. The van der Waals surface area contributed by atoms with E-state index in [4.69, 9.17) is 25.5 Å². The first-order chi connectivity index (χ1) is 32.1. The lowest BCUT2D eigenvalue weighted by Gasteiger charge is -2.38. The first-order valence-electron chi connectivity index (χ1n) is 23.7. The Kier molecular flexibility index (Phi) is 21.0. The molecular formula is C53H73ClF3IN2O8Si2. The van der Waals surface area contributed by atoms with Gasteiger partial charge in [0.25, 0.3) is 0 Å². The summed E-state index contributed by atoms with van der Waals surface area (Å²) in [7, 11) is -3.99. The first-order valence-corrected chi connectivity index (χ1v) is 31.0. The van der Waals surface area contributed by atoms with Gasteiger partial charge in [-0.25, -0.2) is 22.8 Å². The highest BCUT2D eigenvalue weighted by Crippen LogP contribution is 2.38. The van der Waals surface area contributed by atoms with Crippen molar-refractivity contribution >= 4 is 84.6 Å². The van der Waals surface area contributed by atoms with Gasteiger partial charge < -0.3 is 27.8 Å². The maximum atomic E-state index is 15.5. The molecule has 0 unspecified atom stereocenters. The van der Waals surface area contributed by atoms with Crippen molar-refractivity contribution in [2.45, 2.75) is 145 Å². The van der Waals surface area contributed by atoms with Crippen LogP contribution in [0.2, 0.25) is 41.3 Å². The van der Waals surface area contributed by atoms with Gasteiger partial charge in [0.1, 0.15) is 28.6 Å². The molecule has 2 heterocycles. The fourth-order valence-corrected chi connectivity index (χ4v) is 8.21. The van der Waals surface area contributed by atoms with Crippen LogP contribution >= 0.6 is 34.2 Å². The summed E-state index contributed by atoms with van der Waals surface area (Å²) in [5.74, 6) is -2.74. The molecule has 0 radical (unpaired) electrons. The summed E-state index contributed by atoms with van der Waals surface area (Å²) in [6.07, 6.45) is 2.83. The molecule has 0 saturated heterocycles. The molecule has 10 nitrogen and oxygen atoms in total. The van der Waals surface area contributed by atoms with Crippen molar-refractivity contribution in [1.29, 1.82) is 0 Å². The van der Waals surface area contributed by atoms with Crippen molar-refractivity contribution in [3.8, 4) is 0 Å². The molecule has 0 aliphatic carbocycles. The third-order valence-electron chi connectivity index (χ3n) is 13.5. The molecule has 0 bridgehead atoms. The van der Waals surface area contributed by atoms with E-state index in [1.165, 1.54) is 48.8 Å². The second-order valence-corrected chi connectivity index (χ2v) is 32.3. The van der Waals surface area contributed by atoms with Gasteiger partial charge in [-0.05, 0) is 133 Å². The standard InChI is InChI=1S/C30H38ClF2NO4Si.C17H19FINO3.C6H16OSi/c1-9-37-29(36)22-16-34(26(18(2)3)17-38-39(7,8)30(4,5)6)25-15-24(32)20(14-21(25)28(22)35)13-19-11-10-12-23(31)27(19)33;1-5-23-17(22)12-8-20(10(4)9(2)3)15-7-13(18)14(19)6-11(15)16(12)21;1-6(2,3)8(4,5)7/h10-12,14-16,18,26H,9,13,17H2,1-8H3;6-10H,5H2,1-4H3;7H,1-5H3/t26-;10-;/m00./s1. The third kappa shape index (κ3) is 14.7. The summed E-state index contributed by atoms with van der Waals surface area (Å²) in [5, 5.41) is 0.521. The lowest BCUT2D eigenvalue weighted by molar-refractivity contribution is 0.0514. The Hall–Kier alpha value is -3.82. The maximum Gasteiger partial charge on any atom is 0.343 e. The highest BCUT2D eigenvalue weighted by atomic mass is 127. The van der Waals surface area contributed by atoms with Gasteiger partial charge >= 0.3 is 11.9 Å². The van der Waals surface area contributed by atoms with Crippen LogP contribution < -0.4 is 10.9 Å². The number of hydrogen-bond acceptors (Lipinski definition) is 8. The van der Waals surface area contributed by atoms with E-state index in [2.05, 4.69) is 54.6 Å². The number of benzene rings is 3. The molecule has 386 valence electrons. The van der Waals surface area contributed by atoms with Crippen molar-refractivity contribution in [2.24, 2.45) is 11.8 Å². The molecule has 0 fully saturated rings.